The second kappa shape index (κ2) is 6.92. The maximum Gasteiger partial charge on any atom is 0.289 e. The second-order valence-electron chi connectivity index (χ2n) is 3.76. The van der Waals surface area contributed by atoms with Gasteiger partial charge in [-0.15, -0.1) is 11.6 Å². The van der Waals surface area contributed by atoms with Gasteiger partial charge in [-0.3, -0.25) is 4.79 Å². The Balaban J connectivity index is 2.86. The van der Waals surface area contributed by atoms with Gasteiger partial charge in [0.25, 0.3) is 5.91 Å². The highest BCUT2D eigenvalue weighted by Crippen LogP contribution is 2.18. The molecule has 0 bridgehead atoms. The lowest BCUT2D eigenvalue weighted by atomic mass is 10.1. The Bertz CT molecular complexity index is 361. The molecule has 0 aromatic carbocycles. The normalized spacial score (nSPS) is 10.9. The first-order valence-corrected chi connectivity index (χ1v) is 6.67. The summed E-state index contributed by atoms with van der Waals surface area (Å²) in [6.07, 6.45) is 1.79. The van der Waals surface area contributed by atoms with Crippen molar-refractivity contribution in [3.63, 3.8) is 0 Å². The zero-order chi connectivity index (χ0) is 12.8. The summed E-state index contributed by atoms with van der Waals surface area (Å²) < 4.78 is 5.14. The molecule has 0 radical (unpaired) electrons. The van der Waals surface area contributed by atoms with Gasteiger partial charge in [0.1, 0.15) is 0 Å². The summed E-state index contributed by atoms with van der Waals surface area (Å²) >= 11 is 11.4. The quantitative estimate of drug-likeness (QED) is 0.741. The maximum atomic E-state index is 12.2. The van der Waals surface area contributed by atoms with E-state index in [1.807, 2.05) is 0 Å². The number of carbonyl (C=O) groups excluding carboxylic acids is 1. The molecule has 17 heavy (non-hydrogen) atoms. The van der Waals surface area contributed by atoms with Gasteiger partial charge in [-0.2, -0.15) is 0 Å². The summed E-state index contributed by atoms with van der Waals surface area (Å²) in [5.41, 5.74) is 0. The van der Waals surface area contributed by atoms with Crippen LogP contribution in [0.5, 0.6) is 0 Å². The SMILES string of the molecule is CCC(CC)N(CCCl)C(=O)c1ccc(Cl)o1. The first-order valence-electron chi connectivity index (χ1n) is 5.76. The highest BCUT2D eigenvalue weighted by Gasteiger charge is 2.24. The number of amides is 1. The number of hydrogen-bond acceptors (Lipinski definition) is 2. The fourth-order valence-corrected chi connectivity index (χ4v) is 2.17. The van der Waals surface area contributed by atoms with Gasteiger partial charge >= 0.3 is 0 Å². The van der Waals surface area contributed by atoms with Crippen molar-refractivity contribution in [2.24, 2.45) is 0 Å². The largest absolute Gasteiger partial charge is 0.440 e. The van der Waals surface area contributed by atoms with Gasteiger partial charge in [0.05, 0.1) is 0 Å². The summed E-state index contributed by atoms with van der Waals surface area (Å²) in [6.45, 7) is 4.63. The fraction of sp³-hybridized carbons (Fsp3) is 0.583. The van der Waals surface area contributed by atoms with E-state index in [-0.39, 0.29) is 22.9 Å². The maximum absolute atomic E-state index is 12.2. The summed E-state index contributed by atoms with van der Waals surface area (Å²) in [6, 6.07) is 3.35. The topological polar surface area (TPSA) is 33.5 Å². The van der Waals surface area contributed by atoms with Crippen LogP contribution in [-0.4, -0.2) is 29.3 Å². The first-order chi connectivity index (χ1) is 8.13. The van der Waals surface area contributed by atoms with Gasteiger partial charge in [-0.25, -0.2) is 0 Å². The van der Waals surface area contributed by atoms with Crippen molar-refractivity contribution in [1.82, 2.24) is 4.90 Å². The number of halogens is 2. The molecule has 0 unspecified atom stereocenters. The Morgan fingerprint density at radius 3 is 2.47 bits per heavy atom. The van der Waals surface area contributed by atoms with Crippen molar-refractivity contribution in [2.45, 2.75) is 32.7 Å². The number of rotatable bonds is 6. The third-order valence-corrected chi connectivity index (χ3v) is 3.13. The Labute approximate surface area is 112 Å². The van der Waals surface area contributed by atoms with E-state index in [9.17, 15) is 4.79 Å². The van der Waals surface area contributed by atoms with Gasteiger partial charge in [0.15, 0.2) is 11.0 Å². The minimum atomic E-state index is -0.147. The van der Waals surface area contributed by atoms with Crippen LogP contribution in [0.25, 0.3) is 0 Å². The van der Waals surface area contributed by atoms with Crippen LogP contribution in [0.1, 0.15) is 37.2 Å². The van der Waals surface area contributed by atoms with Crippen molar-refractivity contribution in [3.8, 4) is 0 Å². The van der Waals surface area contributed by atoms with Crippen LogP contribution >= 0.6 is 23.2 Å². The number of hydrogen-bond donors (Lipinski definition) is 0. The zero-order valence-corrected chi connectivity index (χ0v) is 11.6. The smallest absolute Gasteiger partial charge is 0.289 e. The molecule has 0 saturated heterocycles. The minimum absolute atomic E-state index is 0.147. The number of alkyl halides is 1. The van der Waals surface area contributed by atoms with E-state index in [4.69, 9.17) is 27.6 Å². The van der Waals surface area contributed by atoms with Crippen LogP contribution in [0.3, 0.4) is 0 Å². The standard InChI is InChI=1S/C12H17Cl2NO2/c1-3-9(4-2)15(8-7-13)12(16)10-5-6-11(14)17-10/h5-6,9H,3-4,7-8H2,1-2H3. The number of carbonyl (C=O) groups is 1. The van der Waals surface area contributed by atoms with Crippen LogP contribution < -0.4 is 0 Å². The molecule has 0 atom stereocenters. The van der Waals surface area contributed by atoms with E-state index in [0.717, 1.165) is 12.8 Å². The first kappa shape index (κ1) is 14.4. The molecule has 0 aliphatic heterocycles. The average molecular weight is 278 g/mol. The van der Waals surface area contributed by atoms with Gasteiger partial charge in [0.2, 0.25) is 0 Å². The molecule has 0 fully saturated rings. The molecule has 1 rings (SSSR count). The summed E-state index contributed by atoms with van der Waals surface area (Å²) in [7, 11) is 0. The molecule has 0 aliphatic rings. The van der Waals surface area contributed by atoms with Crippen LogP contribution in [0.4, 0.5) is 0 Å². The summed E-state index contributed by atoms with van der Waals surface area (Å²) in [5, 5.41) is 0.226. The lowest BCUT2D eigenvalue weighted by molar-refractivity contribution is 0.0649. The lowest BCUT2D eigenvalue weighted by Crippen LogP contribution is -2.40. The molecule has 1 aromatic rings. The van der Waals surface area contributed by atoms with Crippen molar-refractivity contribution in [1.29, 1.82) is 0 Å². The molecule has 0 spiro atoms. The van der Waals surface area contributed by atoms with Crippen LogP contribution in [-0.2, 0) is 0 Å². The van der Waals surface area contributed by atoms with E-state index >= 15 is 0 Å². The fourth-order valence-electron chi connectivity index (χ4n) is 1.84. The summed E-state index contributed by atoms with van der Waals surface area (Å²) in [5.74, 6) is 0.537. The van der Waals surface area contributed by atoms with Crippen LogP contribution in [0.15, 0.2) is 16.5 Å². The van der Waals surface area contributed by atoms with E-state index in [2.05, 4.69) is 13.8 Å². The Morgan fingerprint density at radius 2 is 2.06 bits per heavy atom. The molecular weight excluding hydrogens is 261 g/mol. The lowest BCUT2D eigenvalue weighted by Gasteiger charge is -2.29. The molecule has 1 heterocycles. The Kier molecular flexibility index (Phi) is 5.86. The molecular formula is C12H17Cl2NO2. The molecule has 96 valence electrons. The number of nitrogens with zero attached hydrogens (tertiary/aromatic N) is 1. The number of furan rings is 1. The molecule has 3 nitrogen and oxygen atoms in total. The van der Waals surface area contributed by atoms with Crippen molar-refractivity contribution >= 4 is 29.1 Å². The highest BCUT2D eigenvalue weighted by atomic mass is 35.5. The van der Waals surface area contributed by atoms with Gasteiger partial charge in [0, 0.05) is 18.5 Å². The van der Waals surface area contributed by atoms with Crippen molar-refractivity contribution in [3.05, 3.63) is 23.1 Å². The van der Waals surface area contributed by atoms with Crippen molar-refractivity contribution in [2.75, 3.05) is 12.4 Å². The van der Waals surface area contributed by atoms with Gasteiger partial charge in [-0.1, -0.05) is 13.8 Å². The third-order valence-electron chi connectivity index (χ3n) is 2.75. The molecule has 0 N–H and O–H groups in total. The second-order valence-corrected chi connectivity index (χ2v) is 4.51. The van der Waals surface area contributed by atoms with E-state index < -0.39 is 0 Å². The molecule has 1 amide bonds. The van der Waals surface area contributed by atoms with Crippen LogP contribution in [0.2, 0.25) is 5.22 Å². The molecule has 0 aliphatic carbocycles. The molecule has 1 aromatic heterocycles. The zero-order valence-electron chi connectivity index (χ0n) is 10.1. The van der Waals surface area contributed by atoms with Gasteiger partial charge < -0.3 is 9.32 Å². The molecule has 0 saturated carbocycles. The summed E-state index contributed by atoms with van der Waals surface area (Å²) in [4.78, 5) is 14.0. The minimum Gasteiger partial charge on any atom is -0.440 e. The van der Waals surface area contributed by atoms with E-state index in [0.29, 0.717) is 12.4 Å². The Morgan fingerprint density at radius 1 is 1.41 bits per heavy atom. The highest BCUT2D eigenvalue weighted by molar-refractivity contribution is 6.29. The molecule has 5 heteroatoms. The van der Waals surface area contributed by atoms with E-state index in [1.54, 1.807) is 17.0 Å². The predicted molar refractivity (Wildman–Crippen MR) is 69.8 cm³/mol. The third kappa shape index (κ3) is 3.65. The average Bonchev–Trinajstić information content (AvgIpc) is 2.75. The van der Waals surface area contributed by atoms with Crippen LogP contribution in [0, 0.1) is 0 Å². The van der Waals surface area contributed by atoms with Gasteiger partial charge in [-0.05, 0) is 36.6 Å². The predicted octanol–water partition coefficient (Wildman–Crippen LogP) is 3.80. The van der Waals surface area contributed by atoms with Crippen molar-refractivity contribution < 1.29 is 9.21 Å². The Hall–Kier alpha value is -0.670. The van der Waals surface area contributed by atoms with E-state index in [1.165, 1.54) is 0 Å². The monoisotopic (exact) mass is 277 g/mol.